The quantitative estimate of drug-likeness (QED) is 0.836. The Balaban J connectivity index is 2.11. The summed E-state index contributed by atoms with van der Waals surface area (Å²) in [5.74, 6) is 0. The van der Waals surface area contributed by atoms with Crippen LogP contribution >= 0.6 is 11.3 Å². The molecule has 0 bridgehead atoms. The van der Waals surface area contributed by atoms with Crippen LogP contribution < -0.4 is 5.73 Å². The number of aromatic nitrogens is 2. The summed E-state index contributed by atoms with van der Waals surface area (Å²) in [6.07, 6.45) is 5.95. The zero-order valence-corrected chi connectivity index (χ0v) is 8.87. The summed E-state index contributed by atoms with van der Waals surface area (Å²) in [5, 5.41) is 3.11. The first-order valence-electron chi connectivity index (χ1n) is 4.55. The van der Waals surface area contributed by atoms with Crippen molar-refractivity contribution in [3.63, 3.8) is 0 Å². The Bertz CT molecular complexity index is 389. The second-order valence-corrected chi connectivity index (χ2v) is 4.31. The van der Waals surface area contributed by atoms with Crippen molar-refractivity contribution >= 4 is 11.3 Å². The van der Waals surface area contributed by atoms with E-state index in [0.717, 1.165) is 11.6 Å². The fraction of sp³-hybridized carbons (Fsp3) is 0.300. The molecule has 1 atom stereocenters. The predicted octanol–water partition coefficient (Wildman–Crippen LogP) is 2.01. The second kappa shape index (κ2) is 3.94. The van der Waals surface area contributed by atoms with Crippen LogP contribution in [0.4, 0.5) is 0 Å². The van der Waals surface area contributed by atoms with Gasteiger partial charge < -0.3 is 10.3 Å². The lowest BCUT2D eigenvalue weighted by Gasteiger charge is -2.00. The lowest BCUT2D eigenvalue weighted by Crippen LogP contribution is -2.03. The topological polar surface area (TPSA) is 43.8 Å². The molecule has 1 unspecified atom stereocenters. The molecule has 2 N–H and O–H groups in total. The van der Waals surface area contributed by atoms with Crippen LogP contribution in [0.25, 0.3) is 0 Å². The second-order valence-electron chi connectivity index (χ2n) is 3.33. The van der Waals surface area contributed by atoms with Gasteiger partial charge in [0.25, 0.3) is 0 Å². The average molecular weight is 207 g/mol. The maximum atomic E-state index is 5.77. The van der Waals surface area contributed by atoms with Crippen molar-refractivity contribution in [2.75, 3.05) is 0 Å². The molecule has 0 spiro atoms. The normalized spacial score (nSPS) is 13.0. The van der Waals surface area contributed by atoms with E-state index in [1.807, 2.05) is 24.7 Å². The Morgan fingerprint density at radius 2 is 2.50 bits per heavy atom. The van der Waals surface area contributed by atoms with Crippen molar-refractivity contribution in [3.05, 3.63) is 40.6 Å². The number of nitrogens with zero attached hydrogens (tertiary/aromatic N) is 2. The Kier molecular flexibility index (Phi) is 2.65. The molecule has 0 saturated heterocycles. The summed E-state index contributed by atoms with van der Waals surface area (Å²) < 4.78 is 2.11. The fourth-order valence-corrected chi connectivity index (χ4v) is 1.94. The smallest absolute Gasteiger partial charge is 0.112 e. The minimum Gasteiger partial charge on any atom is -0.347 e. The predicted molar refractivity (Wildman–Crippen MR) is 58.3 cm³/mol. The minimum absolute atomic E-state index is 0.104. The summed E-state index contributed by atoms with van der Waals surface area (Å²) >= 11 is 1.67. The third-order valence-electron chi connectivity index (χ3n) is 2.10. The van der Waals surface area contributed by atoms with Crippen LogP contribution in [0, 0.1) is 0 Å². The van der Waals surface area contributed by atoms with Gasteiger partial charge in [0, 0.05) is 30.0 Å². The molecule has 3 nitrogen and oxygen atoms in total. The van der Waals surface area contributed by atoms with E-state index in [-0.39, 0.29) is 6.04 Å². The third kappa shape index (κ3) is 2.02. The van der Waals surface area contributed by atoms with Gasteiger partial charge in [-0.2, -0.15) is 0 Å². The van der Waals surface area contributed by atoms with Gasteiger partial charge >= 0.3 is 0 Å². The summed E-state index contributed by atoms with van der Waals surface area (Å²) in [6, 6.07) is 2.16. The van der Waals surface area contributed by atoms with E-state index in [1.165, 1.54) is 5.56 Å². The molecule has 2 rings (SSSR count). The lowest BCUT2D eigenvalue weighted by molar-refractivity contribution is 0.773. The number of rotatable bonds is 3. The van der Waals surface area contributed by atoms with Crippen molar-refractivity contribution in [2.24, 2.45) is 5.73 Å². The highest BCUT2D eigenvalue weighted by atomic mass is 32.1. The summed E-state index contributed by atoms with van der Waals surface area (Å²) in [6.45, 7) is 2.83. The maximum absolute atomic E-state index is 5.77. The van der Waals surface area contributed by atoms with E-state index < -0.39 is 0 Å². The molecule has 4 heteroatoms. The van der Waals surface area contributed by atoms with Gasteiger partial charge in [-0.25, -0.2) is 4.98 Å². The Labute approximate surface area is 87.2 Å². The van der Waals surface area contributed by atoms with Crippen molar-refractivity contribution < 1.29 is 0 Å². The van der Waals surface area contributed by atoms with E-state index in [1.54, 1.807) is 11.3 Å². The highest BCUT2D eigenvalue weighted by molar-refractivity contribution is 7.09. The van der Waals surface area contributed by atoms with Crippen molar-refractivity contribution in [1.82, 2.24) is 9.55 Å². The largest absolute Gasteiger partial charge is 0.347 e. The van der Waals surface area contributed by atoms with E-state index in [0.29, 0.717) is 0 Å². The zero-order chi connectivity index (χ0) is 9.97. The van der Waals surface area contributed by atoms with E-state index in [4.69, 9.17) is 5.73 Å². The number of nitrogens with two attached hydrogens (primary N) is 1. The Morgan fingerprint density at radius 1 is 1.64 bits per heavy atom. The Morgan fingerprint density at radius 3 is 3.07 bits per heavy atom. The highest BCUT2D eigenvalue weighted by Crippen LogP contribution is 2.12. The molecular formula is C10H13N3S. The first kappa shape index (κ1) is 9.43. The van der Waals surface area contributed by atoms with Gasteiger partial charge in [0.2, 0.25) is 0 Å². The number of hydrogen-bond donors (Lipinski definition) is 1. The van der Waals surface area contributed by atoms with Crippen molar-refractivity contribution in [3.8, 4) is 0 Å². The molecule has 0 saturated carbocycles. The fourth-order valence-electron chi connectivity index (χ4n) is 1.31. The van der Waals surface area contributed by atoms with Crippen LogP contribution in [0.3, 0.4) is 0 Å². The van der Waals surface area contributed by atoms with Gasteiger partial charge in [-0.3, -0.25) is 0 Å². The number of hydrogen-bond acceptors (Lipinski definition) is 3. The van der Waals surface area contributed by atoms with E-state index in [2.05, 4.69) is 21.8 Å². The maximum Gasteiger partial charge on any atom is 0.112 e. The molecular weight excluding hydrogens is 194 g/mol. The van der Waals surface area contributed by atoms with Gasteiger partial charge in [-0.05, 0) is 18.6 Å². The third-order valence-corrected chi connectivity index (χ3v) is 2.86. The van der Waals surface area contributed by atoms with Gasteiger partial charge in [0.15, 0.2) is 0 Å². The molecule has 0 aliphatic heterocycles. The van der Waals surface area contributed by atoms with Crippen LogP contribution in [0.2, 0.25) is 0 Å². The average Bonchev–Trinajstić information content (AvgIpc) is 2.75. The molecule has 2 heterocycles. The van der Waals surface area contributed by atoms with E-state index >= 15 is 0 Å². The molecule has 0 radical (unpaired) electrons. The molecule has 0 aromatic carbocycles. The number of thiazole rings is 1. The minimum atomic E-state index is 0.104. The van der Waals surface area contributed by atoms with Gasteiger partial charge in [0.05, 0.1) is 6.54 Å². The zero-order valence-electron chi connectivity index (χ0n) is 8.05. The highest BCUT2D eigenvalue weighted by Gasteiger charge is 2.02. The molecule has 74 valence electrons. The first-order chi connectivity index (χ1) is 6.75. The van der Waals surface area contributed by atoms with Crippen LogP contribution in [0.5, 0.6) is 0 Å². The molecule has 2 aromatic heterocycles. The molecule has 0 amide bonds. The SMILES string of the molecule is CC(N)c1ccn(Cc2nccs2)c1. The van der Waals surface area contributed by atoms with Crippen molar-refractivity contribution in [2.45, 2.75) is 19.5 Å². The monoisotopic (exact) mass is 207 g/mol. The first-order valence-corrected chi connectivity index (χ1v) is 5.43. The molecule has 0 aliphatic rings. The molecule has 0 aliphatic carbocycles. The molecule has 2 aromatic rings. The summed E-state index contributed by atoms with van der Waals surface area (Å²) in [5.41, 5.74) is 6.94. The lowest BCUT2D eigenvalue weighted by atomic mass is 10.2. The van der Waals surface area contributed by atoms with Crippen molar-refractivity contribution in [1.29, 1.82) is 0 Å². The molecule has 14 heavy (non-hydrogen) atoms. The summed E-state index contributed by atoms with van der Waals surface area (Å²) in [4.78, 5) is 4.23. The van der Waals surface area contributed by atoms with Gasteiger partial charge in [-0.15, -0.1) is 11.3 Å². The van der Waals surface area contributed by atoms with Crippen LogP contribution in [-0.4, -0.2) is 9.55 Å². The van der Waals surface area contributed by atoms with Gasteiger partial charge in [0.1, 0.15) is 5.01 Å². The molecule has 0 fully saturated rings. The summed E-state index contributed by atoms with van der Waals surface area (Å²) in [7, 11) is 0. The van der Waals surface area contributed by atoms with Crippen LogP contribution in [0.15, 0.2) is 30.0 Å². The van der Waals surface area contributed by atoms with Crippen LogP contribution in [0.1, 0.15) is 23.5 Å². The van der Waals surface area contributed by atoms with E-state index in [9.17, 15) is 0 Å². The Hall–Kier alpha value is -1.13. The standard InChI is InChI=1S/C10H13N3S/c1-8(11)9-2-4-13(6-9)7-10-12-3-5-14-10/h2-6,8H,7,11H2,1H3. The van der Waals surface area contributed by atoms with Crippen LogP contribution in [-0.2, 0) is 6.54 Å². The van der Waals surface area contributed by atoms with Gasteiger partial charge in [-0.1, -0.05) is 0 Å².